The number of nitrogens with one attached hydrogen (secondary N) is 2. The molecule has 0 atom stereocenters. The number of rotatable bonds is 5. The summed E-state index contributed by atoms with van der Waals surface area (Å²) in [4.78, 5) is 38.2. The normalized spacial score (nSPS) is 10.9. The highest BCUT2D eigenvalue weighted by Crippen LogP contribution is 2.30. The van der Waals surface area contributed by atoms with E-state index in [4.69, 9.17) is 4.42 Å². The monoisotopic (exact) mass is 455 g/mol. The van der Waals surface area contributed by atoms with Gasteiger partial charge in [-0.25, -0.2) is 15.0 Å². The van der Waals surface area contributed by atoms with E-state index in [0.717, 1.165) is 10.8 Å². The second kappa shape index (κ2) is 9.09. The smallest absolute Gasteiger partial charge is 0.305 e. The fraction of sp³-hybridized carbons (Fsp3) is 0.0417. The fourth-order valence-electron chi connectivity index (χ4n) is 3.35. The minimum absolute atomic E-state index is 0.117. The van der Waals surface area contributed by atoms with Crippen molar-refractivity contribution in [1.82, 2.24) is 25.8 Å². The maximum atomic E-state index is 12.9. The molecule has 2 amide bonds. The largest absolute Gasteiger partial charge is 0.451 e. The molecule has 0 saturated heterocycles. The van der Waals surface area contributed by atoms with Crippen LogP contribution in [0.15, 0.2) is 88.7 Å². The van der Waals surface area contributed by atoms with Gasteiger partial charge in [-0.3, -0.25) is 20.4 Å². The Bertz CT molecular complexity index is 1470. The third-order valence-corrected chi connectivity index (χ3v) is 5.81. The first-order chi connectivity index (χ1) is 16.2. The number of carbonyl (C=O) groups is 2. The molecule has 3 heterocycles. The zero-order valence-electron chi connectivity index (χ0n) is 17.2. The molecule has 0 aliphatic heterocycles. The van der Waals surface area contributed by atoms with Crippen LogP contribution in [0.4, 0.5) is 0 Å². The predicted octanol–water partition coefficient (Wildman–Crippen LogP) is 4.14. The maximum absolute atomic E-state index is 12.9. The van der Waals surface area contributed by atoms with Gasteiger partial charge in [0.2, 0.25) is 0 Å². The van der Waals surface area contributed by atoms with Crippen LogP contribution in [-0.2, 0) is 5.75 Å². The first-order valence-corrected chi connectivity index (χ1v) is 11.0. The third-order valence-electron chi connectivity index (χ3n) is 4.91. The number of hydrazine groups is 1. The van der Waals surface area contributed by atoms with E-state index in [1.165, 1.54) is 11.8 Å². The van der Waals surface area contributed by atoms with Crippen LogP contribution in [0.2, 0.25) is 0 Å². The molecule has 2 N–H and O–H groups in total. The van der Waals surface area contributed by atoms with Crippen molar-refractivity contribution in [1.29, 1.82) is 0 Å². The first kappa shape index (κ1) is 20.7. The van der Waals surface area contributed by atoms with Gasteiger partial charge in [0.1, 0.15) is 11.3 Å². The van der Waals surface area contributed by atoms with Gasteiger partial charge in [0.15, 0.2) is 10.9 Å². The lowest BCUT2D eigenvalue weighted by molar-refractivity contribution is 0.0829. The highest BCUT2D eigenvalue weighted by molar-refractivity contribution is 7.98. The second-order valence-corrected chi connectivity index (χ2v) is 7.97. The van der Waals surface area contributed by atoms with E-state index in [1.54, 1.807) is 36.7 Å². The van der Waals surface area contributed by atoms with Gasteiger partial charge in [-0.15, -0.1) is 0 Å². The maximum Gasteiger partial charge on any atom is 0.305 e. The molecule has 2 aromatic carbocycles. The average Bonchev–Trinajstić information content (AvgIpc) is 3.25. The standard InChI is InChI=1S/C24H17N5O3S/c30-22(19-11-10-15-6-1-3-8-18(15)27-19)28-29-23(31)21-17(14-33-24-25-12-5-13-26-24)16-7-2-4-9-20(16)32-21/h1-13H,14H2,(H,28,30)(H,29,31). The zero-order chi connectivity index (χ0) is 22.6. The minimum Gasteiger partial charge on any atom is -0.451 e. The van der Waals surface area contributed by atoms with Crippen LogP contribution in [-0.4, -0.2) is 26.8 Å². The summed E-state index contributed by atoms with van der Waals surface area (Å²) in [6.45, 7) is 0. The third kappa shape index (κ3) is 4.39. The number of hydrogen-bond donors (Lipinski definition) is 2. The van der Waals surface area contributed by atoms with E-state index in [9.17, 15) is 9.59 Å². The molecule has 0 radical (unpaired) electrons. The van der Waals surface area contributed by atoms with Crippen LogP contribution in [0.3, 0.4) is 0 Å². The summed E-state index contributed by atoms with van der Waals surface area (Å²) in [5, 5.41) is 2.32. The Labute approximate surface area is 192 Å². The summed E-state index contributed by atoms with van der Waals surface area (Å²) in [5.41, 5.74) is 7.00. The number of nitrogens with zero attached hydrogens (tertiary/aromatic N) is 3. The summed E-state index contributed by atoms with van der Waals surface area (Å²) in [6.07, 6.45) is 3.32. The SMILES string of the molecule is O=C(NNC(=O)c1oc2ccccc2c1CSc1ncccn1)c1ccc2ccccc2n1. The molecule has 0 spiro atoms. The van der Waals surface area contributed by atoms with Crippen LogP contribution < -0.4 is 10.9 Å². The summed E-state index contributed by atoms with van der Waals surface area (Å²) in [5.74, 6) is -0.556. The Kier molecular flexibility index (Phi) is 5.69. The van der Waals surface area contributed by atoms with Crippen molar-refractivity contribution in [2.24, 2.45) is 0 Å². The lowest BCUT2D eigenvalue weighted by Gasteiger charge is -2.07. The lowest BCUT2D eigenvalue weighted by atomic mass is 10.1. The van der Waals surface area contributed by atoms with Crippen molar-refractivity contribution in [2.45, 2.75) is 10.9 Å². The molecule has 8 nitrogen and oxygen atoms in total. The molecule has 0 saturated carbocycles. The number of benzene rings is 2. The highest BCUT2D eigenvalue weighted by Gasteiger charge is 2.21. The Hall–Kier alpha value is -4.24. The highest BCUT2D eigenvalue weighted by atomic mass is 32.2. The summed E-state index contributed by atoms with van der Waals surface area (Å²) in [7, 11) is 0. The number of furan rings is 1. The number of aromatic nitrogens is 3. The van der Waals surface area contributed by atoms with Crippen LogP contribution >= 0.6 is 11.8 Å². The van der Waals surface area contributed by atoms with E-state index in [-0.39, 0.29) is 11.5 Å². The van der Waals surface area contributed by atoms with Crippen molar-refractivity contribution in [3.63, 3.8) is 0 Å². The number of thioether (sulfide) groups is 1. The summed E-state index contributed by atoms with van der Waals surface area (Å²) >= 11 is 1.39. The number of para-hydroxylation sites is 2. The quantitative estimate of drug-likeness (QED) is 0.233. The molecule has 3 aromatic heterocycles. The van der Waals surface area contributed by atoms with Crippen LogP contribution in [0.25, 0.3) is 21.9 Å². The van der Waals surface area contributed by atoms with E-state index >= 15 is 0 Å². The molecular weight excluding hydrogens is 438 g/mol. The number of fused-ring (bicyclic) bond motifs is 2. The van der Waals surface area contributed by atoms with Gasteiger partial charge in [-0.1, -0.05) is 54.2 Å². The Morgan fingerprint density at radius 3 is 2.48 bits per heavy atom. The van der Waals surface area contributed by atoms with Crippen molar-refractivity contribution < 1.29 is 14.0 Å². The van der Waals surface area contributed by atoms with Crippen molar-refractivity contribution in [3.8, 4) is 0 Å². The van der Waals surface area contributed by atoms with Crippen molar-refractivity contribution in [2.75, 3.05) is 0 Å². The average molecular weight is 455 g/mol. The molecular formula is C24H17N5O3S. The summed E-state index contributed by atoms with van der Waals surface area (Å²) in [6, 6.07) is 20.0. The van der Waals surface area contributed by atoms with Gasteiger partial charge in [0.05, 0.1) is 5.52 Å². The minimum atomic E-state index is -0.565. The van der Waals surface area contributed by atoms with Crippen LogP contribution in [0.5, 0.6) is 0 Å². The number of pyridine rings is 1. The molecule has 0 aliphatic rings. The Morgan fingerprint density at radius 1 is 0.848 bits per heavy atom. The van der Waals surface area contributed by atoms with E-state index in [0.29, 0.717) is 27.6 Å². The van der Waals surface area contributed by atoms with E-state index < -0.39 is 11.8 Å². The summed E-state index contributed by atoms with van der Waals surface area (Å²) < 4.78 is 5.81. The second-order valence-electron chi connectivity index (χ2n) is 7.02. The van der Waals surface area contributed by atoms with Gasteiger partial charge in [-0.2, -0.15) is 0 Å². The topological polar surface area (TPSA) is 110 Å². The number of carbonyl (C=O) groups excluding carboxylic acids is 2. The van der Waals surface area contributed by atoms with E-state index in [1.807, 2.05) is 42.5 Å². The molecule has 5 aromatic rings. The van der Waals surface area contributed by atoms with Gasteiger partial charge in [-0.05, 0) is 24.3 Å². The van der Waals surface area contributed by atoms with E-state index in [2.05, 4.69) is 25.8 Å². The Morgan fingerprint density at radius 2 is 1.61 bits per heavy atom. The molecule has 5 rings (SSSR count). The van der Waals surface area contributed by atoms with Gasteiger partial charge in [0.25, 0.3) is 5.91 Å². The first-order valence-electron chi connectivity index (χ1n) is 10.1. The van der Waals surface area contributed by atoms with Crippen LogP contribution in [0, 0.1) is 0 Å². The van der Waals surface area contributed by atoms with Crippen LogP contribution in [0.1, 0.15) is 26.6 Å². The van der Waals surface area contributed by atoms with Gasteiger partial charge in [0, 0.05) is 34.5 Å². The van der Waals surface area contributed by atoms with Crippen molar-refractivity contribution in [3.05, 3.63) is 96.1 Å². The zero-order valence-corrected chi connectivity index (χ0v) is 18.0. The van der Waals surface area contributed by atoms with Crippen molar-refractivity contribution >= 4 is 45.4 Å². The Balaban J connectivity index is 1.34. The fourth-order valence-corrected chi connectivity index (χ4v) is 4.18. The molecule has 0 fully saturated rings. The molecule has 0 unspecified atom stereocenters. The molecule has 0 bridgehead atoms. The number of amides is 2. The lowest BCUT2D eigenvalue weighted by Crippen LogP contribution is -2.42. The molecule has 162 valence electrons. The molecule has 33 heavy (non-hydrogen) atoms. The van der Waals surface area contributed by atoms with Gasteiger partial charge < -0.3 is 4.42 Å². The number of hydrogen-bond acceptors (Lipinski definition) is 7. The van der Waals surface area contributed by atoms with Gasteiger partial charge >= 0.3 is 5.91 Å². The molecule has 0 aliphatic carbocycles. The predicted molar refractivity (Wildman–Crippen MR) is 124 cm³/mol. The molecule has 9 heteroatoms.